The van der Waals surface area contributed by atoms with Gasteiger partial charge in [0.25, 0.3) is 17.9 Å². The molecule has 0 bridgehead atoms. The summed E-state index contributed by atoms with van der Waals surface area (Å²) in [7, 11) is 1.95. The molecule has 0 radical (unpaired) electrons. The Kier molecular flexibility index (Phi) is 7.33. The highest BCUT2D eigenvalue weighted by atomic mass is 19.4. The van der Waals surface area contributed by atoms with Gasteiger partial charge in [0.1, 0.15) is 11.4 Å². The van der Waals surface area contributed by atoms with Crippen LogP contribution in [0, 0.1) is 5.82 Å². The molecule has 1 saturated carbocycles. The van der Waals surface area contributed by atoms with Crippen molar-refractivity contribution in [2.75, 3.05) is 25.5 Å². The summed E-state index contributed by atoms with van der Waals surface area (Å²) in [5.41, 5.74) is -4.44. The number of pyridine rings is 1. The smallest absolute Gasteiger partial charge is 0.381 e. The Morgan fingerprint density at radius 1 is 1.14 bits per heavy atom. The number of likely N-dealkylation sites (tertiary alicyclic amines) is 1. The second-order valence-corrected chi connectivity index (χ2v) is 9.81. The highest BCUT2D eigenvalue weighted by Crippen LogP contribution is 2.54. The van der Waals surface area contributed by atoms with Crippen LogP contribution in [-0.2, 0) is 5.54 Å². The van der Waals surface area contributed by atoms with E-state index in [1.54, 1.807) is 0 Å². The molecule has 1 aromatic carbocycles. The summed E-state index contributed by atoms with van der Waals surface area (Å²) in [6.45, 7) is 2.89. The molecule has 1 saturated heterocycles. The van der Waals surface area contributed by atoms with E-state index in [0.717, 1.165) is 31.4 Å². The number of piperidine rings is 1. The quantitative estimate of drug-likeness (QED) is 0.496. The first-order chi connectivity index (χ1) is 17.3. The monoisotopic (exact) mass is 530 g/mol. The number of carbonyl (C=O) groups is 1. The van der Waals surface area contributed by atoms with Crippen molar-refractivity contribution in [3.8, 4) is 0 Å². The molecule has 2 N–H and O–H groups in total. The predicted molar refractivity (Wildman–Crippen MR) is 125 cm³/mol. The molecule has 6 nitrogen and oxygen atoms in total. The Morgan fingerprint density at radius 2 is 1.76 bits per heavy atom. The molecular formula is C25H28F6N4O2. The number of amides is 1. The van der Waals surface area contributed by atoms with Gasteiger partial charge >= 0.3 is 6.18 Å². The maximum absolute atomic E-state index is 14.6. The van der Waals surface area contributed by atoms with E-state index in [2.05, 4.69) is 15.5 Å². The molecule has 2 aromatic rings. The summed E-state index contributed by atoms with van der Waals surface area (Å²) in [5.74, 6) is -2.04. The van der Waals surface area contributed by atoms with Gasteiger partial charge in [0.2, 0.25) is 0 Å². The fraction of sp³-hybridized carbons (Fsp3) is 0.520. The summed E-state index contributed by atoms with van der Waals surface area (Å²) in [5, 5.41) is 5.62. The molecule has 202 valence electrons. The second kappa shape index (κ2) is 10.0. The number of nitrogens with one attached hydrogen (secondary N) is 2. The minimum absolute atomic E-state index is 0.0697. The molecule has 1 unspecified atom stereocenters. The lowest BCUT2D eigenvalue weighted by Crippen LogP contribution is -2.43. The summed E-state index contributed by atoms with van der Waals surface area (Å²) in [6.07, 6.45) is -6.06. The van der Waals surface area contributed by atoms with Crippen LogP contribution in [0.5, 0.6) is 0 Å². The van der Waals surface area contributed by atoms with Gasteiger partial charge in [-0.15, -0.1) is 0 Å². The van der Waals surface area contributed by atoms with Crippen molar-refractivity contribution in [3.05, 3.63) is 63.3 Å². The minimum atomic E-state index is -4.69. The Bertz CT molecular complexity index is 1220. The molecular weight excluding hydrogens is 502 g/mol. The standard InChI is InChI=1S/C25H28F6N4O2/c1-14(16-4-3-5-17(21(16)26)22(27)28)32-23(37)18-13-35(24(8-9-24)25(29,30)31)20(36)12-19(18)33-15-6-10-34(2)11-7-15/h3-5,12-15,22,33H,6-11H2,1-2H3,(H,32,37). The van der Waals surface area contributed by atoms with Crippen LogP contribution in [0.3, 0.4) is 0 Å². The largest absolute Gasteiger partial charge is 0.412 e. The van der Waals surface area contributed by atoms with Crippen LogP contribution in [0.2, 0.25) is 0 Å². The summed E-state index contributed by atoms with van der Waals surface area (Å²) in [4.78, 5) is 28.2. The van der Waals surface area contributed by atoms with Crippen LogP contribution < -0.4 is 16.2 Å². The summed E-state index contributed by atoms with van der Waals surface area (Å²) in [6, 6.07) is 3.20. The molecule has 0 spiro atoms. The first-order valence-electron chi connectivity index (χ1n) is 12.0. The van der Waals surface area contributed by atoms with E-state index < -0.39 is 47.0 Å². The van der Waals surface area contributed by atoms with E-state index >= 15 is 0 Å². The van der Waals surface area contributed by atoms with Crippen LogP contribution in [0.1, 0.15) is 66.6 Å². The predicted octanol–water partition coefficient (Wildman–Crippen LogP) is 4.97. The van der Waals surface area contributed by atoms with Crippen molar-refractivity contribution < 1.29 is 31.1 Å². The van der Waals surface area contributed by atoms with Crippen molar-refractivity contribution in [1.82, 2.24) is 14.8 Å². The van der Waals surface area contributed by atoms with Crippen LogP contribution in [0.4, 0.5) is 32.0 Å². The van der Waals surface area contributed by atoms with Gasteiger partial charge in [-0.05, 0) is 52.7 Å². The number of alkyl halides is 5. The van der Waals surface area contributed by atoms with Gasteiger partial charge in [-0.3, -0.25) is 14.2 Å². The number of hydrogen-bond donors (Lipinski definition) is 2. The molecule has 12 heteroatoms. The molecule has 1 amide bonds. The van der Waals surface area contributed by atoms with E-state index in [4.69, 9.17) is 0 Å². The van der Waals surface area contributed by atoms with Crippen LogP contribution in [-0.4, -0.2) is 47.7 Å². The van der Waals surface area contributed by atoms with E-state index in [1.807, 2.05) is 7.05 Å². The number of nitrogens with zero attached hydrogens (tertiary/aromatic N) is 2. The first kappa shape index (κ1) is 27.0. The van der Waals surface area contributed by atoms with Crippen molar-refractivity contribution >= 4 is 11.6 Å². The van der Waals surface area contributed by atoms with Crippen LogP contribution >= 0.6 is 0 Å². The topological polar surface area (TPSA) is 66.4 Å². The van der Waals surface area contributed by atoms with Crippen molar-refractivity contribution in [1.29, 1.82) is 0 Å². The lowest BCUT2D eigenvalue weighted by molar-refractivity contribution is -0.180. The van der Waals surface area contributed by atoms with Gasteiger partial charge in [0, 0.05) is 23.9 Å². The zero-order valence-corrected chi connectivity index (χ0v) is 20.3. The minimum Gasteiger partial charge on any atom is -0.381 e. The molecule has 1 aliphatic carbocycles. The van der Waals surface area contributed by atoms with Crippen molar-refractivity contribution in [2.45, 2.75) is 62.8 Å². The Morgan fingerprint density at radius 3 is 2.32 bits per heavy atom. The number of aromatic nitrogens is 1. The Labute approximate surface area is 209 Å². The Hall–Kier alpha value is -3.02. The number of anilines is 1. The average Bonchev–Trinajstić information content (AvgIpc) is 3.62. The molecule has 2 fully saturated rings. The van der Waals surface area contributed by atoms with Gasteiger partial charge < -0.3 is 15.5 Å². The molecule has 37 heavy (non-hydrogen) atoms. The maximum Gasteiger partial charge on any atom is 0.412 e. The van der Waals surface area contributed by atoms with E-state index in [1.165, 1.54) is 19.1 Å². The van der Waals surface area contributed by atoms with Crippen molar-refractivity contribution in [3.63, 3.8) is 0 Å². The third-order valence-electron chi connectivity index (χ3n) is 7.20. The average molecular weight is 531 g/mol. The zero-order valence-electron chi connectivity index (χ0n) is 20.3. The number of benzene rings is 1. The molecule has 2 heterocycles. The van der Waals surface area contributed by atoms with Gasteiger partial charge in [-0.25, -0.2) is 13.2 Å². The van der Waals surface area contributed by atoms with E-state index in [0.29, 0.717) is 17.4 Å². The fourth-order valence-corrected chi connectivity index (χ4v) is 4.74. The molecule has 1 aliphatic heterocycles. The molecule has 1 atom stereocenters. The number of hydrogen-bond acceptors (Lipinski definition) is 4. The second-order valence-electron chi connectivity index (χ2n) is 9.81. The first-order valence-corrected chi connectivity index (χ1v) is 12.0. The van der Waals surface area contributed by atoms with E-state index in [9.17, 15) is 35.9 Å². The van der Waals surface area contributed by atoms with Gasteiger partial charge in [-0.1, -0.05) is 18.2 Å². The SMILES string of the molecule is CC(NC(=O)c1cn(C2(C(F)(F)F)CC2)c(=O)cc1NC1CCN(C)CC1)c1cccc(C(F)F)c1F. The van der Waals surface area contributed by atoms with Gasteiger partial charge in [-0.2, -0.15) is 13.2 Å². The van der Waals surface area contributed by atoms with Crippen molar-refractivity contribution in [2.24, 2.45) is 0 Å². The van der Waals surface area contributed by atoms with Crippen LogP contribution in [0.15, 0.2) is 35.3 Å². The Balaban J connectivity index is 1.69. The lowest BCUT2D eigenvalue weighted by Gasteiger charge is -2.31. The van der Waals surface area contributed by atoms with Crippen LogP contribution in [0.25, 0.3) is 0 Å². The number of rotatable bonds is 7. The third kappa shape index (κ3) is 5.34. The van der Waals surface area contributed by atoms with E-state index in [-0.39, 0.29) is 35.7 Å². The van der Waals surface area contributed by atoms with Gasteiger partial charge in [0.15, 0.2) is 0 Å². The number of carbonyl (C=O) groups excluding carboxylic acids is 1. The van der Waals surface area contributed by atoms with Gasteiger partial charge in [0.05, 0.1) is 22.9 Å². The number of halogens is 6. The summed E-state index contributed by atoms with van der Waals surface area (Å²) >= 11 is 0. The highest BCUT2D eigenvalue weighted by Gasteiger charge is 2.65. The normalized spacial score (nSPS) is 19.1. The highest BCUT2D eigenvalue weighted by molar-refractivity contribution is 5.99. The molecule has 1 aromatic heterocycles. The zero-order chi connectivity index (χ0) is 27.1. The third-order valence-corrected chi connectivity index (χ3v) is 7.20. The fourth-order valence-electron chi connectivity index (χ4n) is 4.74. The lowest BCUT2D eigenvalue weighted by atomic mass is 10.0. The maximum atomic E-state index is 14.6. The molecule has 4 rings (SSSR count). The molecule has 2 aliphatic rings. The summed E-state index contributed by atoms with van der Waals surface area (Å²) < 4.78 is 82.9.